The number of nitrogens with one attached hydrogen (secondary N) is 1. The van der Waals surface area contributed by atoms with Crippen molar-refractivity contribution in [3.8, 4) is 11.5 Å². The molecule has 2 aromatic carbocycles. The number of halogens is 1. The Morgan fingerprint density at radius 3 is 2.48 bits per heavy atom. The normalized spacial score (nSPS) is 15.6. The van der Waals surface area contributed by atoms with Gasteiger partial charge in [-0.1, -0.05) is 17.7 Å². The third kappa shape index (κ3) is 4.46. The molecule has 31 heavy (non-hydrogen) atoms. The lowest BCUT2D eigenvalue weighted by Crippen LogP contribution is -2.54. The predicted octanol–water partition coefficient (Wildman–Crippen LogP) is 2.18. The summed E-state index contributed by atoms with van der Waals surface area (Å²) in [5.74, 6) is -1.79. The number of methoxy groups -OCH3 is 2. The van der Waals surface area contributed by atoms with E-state index in [1.165, 1.54) is 39.3 Å². The number of hydrazine groups is 1. The number of benzene rings is 2. The monoisotopic (exact) mass is 445 g/mol. The molecule has 3 rings (SSSR count). The molecule has 1 aliphatic rings. The van der Waals surface area contributed by atoms with E-state index in [4.69, 9.17) is 21.1 Å². The highest BCUT2D eigenvalue weighted by Crippen LogP contribution is 2.36. The van der Waals surface area contributed by atoms with Crippen LogP contribution in [0.3, 0.4) is 0 Å². The lowest BCUT2D eigenvalue weighted by atomic mass is 10.2. The number of anilines is 1. The van der Waals surface area contributed by atoms with Crippen LogP contribution in [0.25, 0.3) is 0 Å². The molecule has 1 heterocycles. The highest BCUT2D eigenvalue weighted by molar-refractivity contribution is 6.31. The molecular weight excluding hydrogens is 426 g/mol. The highest BCUT2D eigenvalue weighted by atomic mass is 35.5. The summed E-state index contributed by atoms with van der Waals surface area (Å²) in [5.41, 5.74) is 2.79. The predicted molar refractivity (Wildman–Crippen MR) is 112 cm³/mol. The van der Waals surface area contributed by atoms with Crippen LogP contribution in [-0.4, -0.2) is 48.9 Å². The van der Waals surface area contributed by atoms with Crippen molar-refractivity contribution in [2.24, 2.45) is 0 Å². The van der Waals surface area contributed by atoms with E-state index in [0.717, 1.165) is 9.91 Å². The summed E-state index contributed by atoms with van der Waals surface area (Å²) in [6, 6.07) is 9.56. The molecule has 10 heteroatoms. The first-order valence-corrected chi connectivity index (χ1v) is 9.59. The molecule has 1 unspecified atom stereocenters. The molecule has 0 aliphatic carbocycles. The number of nitrogens with zero attached hydrogens (tertiary/aromatic N) is 2. The van der Waals surface area contributed by atoms with Gasteiger partial charge in [0.25, 0.3) is 11.8 Å². The lowest BCUT2D eigenvalue weighted by molar-refractivity contribution is -0.139. The Labute approximate surface area is 183 Å². The average molecular weight is 446 g/mol. The van der Waals surface area contributed by atoms with Crippen LogP contribution in [0.5, 0.6) is 11.5 Å². The molecule has 0 saturated carbocycles. The van der Waals surface area contributed by atoms with Gasteiger partial charge >= 0.3 is 0 Å². The van der Waals surface area contributed by atoms with Gasteiger partial charge in [-0.25, -0.2) is 9.91 Å². The van der Waals surface area contributed by atoms with E-state index in [0.29, 0.717) is 10.8 Å². The van der Waals surface area contributed by atoms with Crippen LogP contribution in [0.4, 0.5) is 5.69 Å². The van der Waals surface area contributed by atoms with Gasteiger partial charge in [-0.3, -0.25) is 24.6 Å². The Morgan fingerprint density at radius 1 is 1.13 bits per heavy atom. The minimum absolute atomic E-state index is 0.184. The summed E-state index contributed by atoms with van der Waals surface area (Å²) in [6.07, 6.45) is -0.311. The second-order valence-corrected chi connectivity index (χ2v) is 7.10. The first-order chi connectivity index (χ1) is 14.8. The molecule has 0 spiro atoms. The number of hydrogen-bond acceptors (Lipinski definition) is 6. The maximum absolute atomic E-state index is 13.1. The standard InChI is InChI=1S/C21H20ClN3O6/c1-12(26)25(23-20(28)13-5-4-6-14(22)9-13)17-11-19(27)24(21(17)29)16-10-15(30-2)7-8-18(16)31-3/h4-10,17H,11H2,1-3H3,(H,23,28). The molecule has 162 valence electrons. The summed E-state index contributed by atoms with van der Waals surface area (Å²) in [4.78, 5) is 51.6. The molecule has 1 saturated heterocycles. The highest BCUT2D eigenvalue weighted by Gasteiger charge is 2.45. The molecule has 1 atom stereocenters. The van der Waals surface area contributed by atoms with Gasteiger partial charge in [0.15, 0.2) is 0 Å². The summed E-state index contributed by atoms with van der Waals surface area (Å²) in [5, 5.41) is 1.20. The van der Waals surface area contributed by atoms with E-state index < -0.39 is 29.7 Å². The maximum atomic E-state index is 13.1. The topological polar surface area (TPSA) is 105 Å². The second kappa shape index (κ2) is 9.05. The zero-order valence-corrected chi connectivity index (χ0v) is 17.8. The van der Waals surface area contributed by atoms with Crippen LogP contribution in [-0.2, 0) is 14.4 Å². The maximum Gasteiger partial charge on any atom is 0.269 e. The van der Waals surface area contributed by atoms with Crippen LogP contribution in [0.2, 0.25) is 5.02 Å². The van der Waals surface area contributed by atoms with Crippen molar-refractivity contribution in [1.82, 2.24) is 10.4 Å². The minimum Gasteiger partial charge on any atom is -0.497 e. The fourth-order valence-electron chi connectivity index (χ4n) is 3.22. The number of hydrogen-bond donors (Lipinski definition) is 1. The molecule has 0 radical (unpaired) electrons. The van der Waals surface area contributed by atoms with Crippen molar-refractivity contribution in [3.05, 3.63) is 53.1 Å². The van der Waals surface area contributed by atoms with Crippen molar-refractivity contribution < 1.29 is 28.7 Å². The number of amides is 4. The zero-order chi connectivity index (χ0) is 22.7. The van der Waals surface area contributed by atoms with Gasteiger partial charge in [-0.2, -0.15) is 0 Å². The molecule has 4 amide bonds. The van der Waals surface area contributed by atoms with Gasteiger partial charge in [0, 0.05) is 23.6 Å². The second-order valence-electron chi connectivity index (χ2n) is 6.67. The lowest BCUT2D eigenvalue weighted by Gasteiger charge is -2.27. The number of carbonyl (C=O) groups excluding carboxylic acids is 4. The molecule has 2 aromatic rings. The molecule has 0 bridgehead atoms. The summed E-state index contributed by atoms with van der Waals surface area (Å²) in [7, 11) is 2.85. The van der Waals surface area contributed by atoms with Gasteiger partial charge in [0.05, 0.1) is 26.3 Å². The molecule has 1 N–H and O–H groups in total. The molecular formula is C21H20ClN3O6. The Morgan fingerprint density at radius 2 is 1.87 bits per heavy atom. The first kappa shape index (κ1) is 22.1. The van der Waals surface area contributed by atoms with Gasteiger partial charge in [0.1, 0.15) is 17.5 Å². The summed E-state index contributed by atoms with van der Waals surface area (Å²) >= 11 is 5.91. The number of carbonyl (C=O) groups is 4. The van der Waals surface area contributed by atoms with Crippen molar-refractivity contribution >= 4 is 40.9 Å². The largest absolute Gasteiger partial charge is 0.497 e. The van der Waals surface area contributed by atoms with Crippen molar-refractivity contribution in [1.29, 1.82) is 0 Å². The third-order valence-corrected chi connectivity index (χ3v) is 4.94. The quantitative estimate of drug-likeness (QED) is 0.558. The van der Waals surface area contributed by atoms with Crippen LogP contribution in [0.15, 0.2) is 42.5 Å². The van der Waals surface area contributed by atoms with Gasteiger partial charge in [0.2, 0.25) is 11.8 Å². The van der Waals surface area contributed by atoms with Crippen LogP contribution in [0.1, 0.15) is 23.7 Å². The fraction of sp³-hybridized carbons (Fsp3) is 0.238. The van der Waals surface area contributed by atoms with Gasteiger partial charge in [-0.05, 0) is 30.3 Å². The van der Waals surface area contributed by atoms with Crippen molar-refractivity contribution in [2.75, 3.05) is 19.1 Å². The van der Waals surface area contributed by atoms with Crippen molar-refractivity contribution in [3.63, 3.8) is 0 Å². The number of rotatable bonds is 5. The minimum atomic E-state index is -1.22. The SMILES string of the molecule is COc1ccc(OC)c(N2C(=O)CC(N(NC(=O)c3cccc(Cl)c3)C(C)=O)C2=O)c1. The van der Waals surface area contributed by atoms with Crippen molar-refractivity contribution in [2.45, 2.75) is 19.4 Å². The van der Waals surface area contributed by atoms with E-state index >= 15 is 0 Å². The van der Waals surface area contributed by atoms with Crippen LogP contribution in [0, 0.1) is 0 Å². The number of ether oxygens (including phenoxy) is 2. The van der Waals surface area contributed by atoms with Gasteiger partial charge < -0.3 is 9.47 Å². The van der Waals surface area contributed by atoms with Gasteiger partial charge in [-0.15, -0.1) is 0 Å². The molecule has 1 fully saturated rings. The van der Waals surface area contributed by atoms with E-state index in [1.54, 1.807) is 24.3 Å². The van der Waals surface area contributed by atoms with Crippen LogP contribution < -0.4 is 19.8 Å². The Kier molecular flexibility index (Phi) is 6.45. The third-order valence-electron chi connectivity index (χ3n) is 4.71. The number of imide groups is 1. The first-order valence-electron chi connectivity index (χ1n) is 9.22. The van der Waals surface area contributed by atoms with E-state index in [1.807, 2.05) is 0 Å². The zero-order valence-electron chi connectivity index (χ0n) is 17.0. The van der Waals surface area contributed by atoms with E-state index in [2.05, 4.69) is 5.43 Å². The fourth-order valence-corrected chi connectivity index (χ4v) is 3.41. The molecule has 0 aromatic heterocycles. The molecule has 1 aliphatic heterocycles. The van der Waals surface area contributed by atoms with E-state index in [-0.39, 0.29) is 23.4 Å². The summed E-state index contributed by atoms with van der Waals surface area (Å²) < 4.78 is 10.4. The summed E-state index contributed by atoms with van der Waals surface area (Å²) in [6.45, 7) is 1.19. The smallest absolute Gasteiger partial charge is 0.269 e. The Balaban J connectivity index is 1.90. The van der Waals surface area contributed by atoms with E-state index in [9.17, 15) is 19.2 Å². The van der Waals surface area contributed by atoms with Crippen LogP contribution >= 0.6 is 11.6 Å². The molecule has 9 nitrogen and oxygen atoms in total. The average Bonchev–Trinajstić information content (AvgIpc) is 3.04. The Bertz CT molecular complexity index is 1060. The Hall–Kier alpha value is -3.59.